The number of unbranched alkanes of at least 4 members (excludes halogenated alkanes) is 2. The number of carboxylic acids is 1. The minimum atomic E-state index is -0.677. The Morgan fingerprint density at radius 2 is 1.80 bits per heavy atom. The third kappa shape index (κ3) is 7.37. The fraction of sp³-hybridized carbons (Fsp3) is 0.917. The average Bonchev–Trinajstić information content (AvgIpc) is 2.18. The minimum absolute atomic E-state index is 0.314. The number of nitrogens with zero attached hydrogens (tertiary/aromatic N) is 1. The van der Waals surface area contributed by atoms with Gasteiger partial charge in [0.2, 0.25) is 0 Å². The van der Waals surface area contributed by atoms with Crippen molar-refractivity contribution in [3.63, 3.8) is 0 Å². The van der Waals surface area contributed by atoms with Crippen LogP contribution in [0.25, 0.3) is 0 Å². The van der Waals surface area contributed by atoms with Crippen LogP contribution in [0, 0.1) is 0 Å². The molecule has 0 aromatic heterocycles. The van der Waals surface area contributed by atoms with Crippen LogP contribution in [0.4, 0.5) is 0 Å². The van der Waals surface area contributed by atoms with Crippen LogP contribution in [0.15, 0.2) is 0 Å². The van der Waals surface area contributed by atoms with Crippen LogP contribution < -0.4 is 0 Å². The molecule has 3 heteroatoms. The molecule has 0 saturated carbocycles. The Morgan fingerprint density at radius 1 is 1.20 bits per heavy atom. The second kappa shape index (κ2) is 8.72. The van der Waals surface area contributed by atoms with Crippen molar-refractivity contribution in [2.45, 2.75) is 58.4 Å². The third-order valence-corrected chi connectivity index (χ3v) is 2.97. The van der Waals surface area contributed by atoms with Gasteiger partial charge in [-0.2, -0.15) is 0 Å². The molecule has 0 bridgehead atoms. The van der Waals surface area contributed by atoms with Crippen molar-refractivity contribution in [2.75, 3.05) is 13.6 Å². The highest BCUT2D eigenvalue weighted by Crippen LogP contribution is 2.08. The molecule has 0 saturated heterocycles. The molecule has 0 aliphatic rings. The zero-order valence-electron chi connectivity index (χ0n) is 10.3. The fourth-order valence-corrected chi connectivity index (χ4v) is 1.91. The van der Waals surface area contributed by atoms with E-state index in [-0.39, 0.29) is 0 Å². The van der Waals surface area contributed by atoms with Gasteiger partial charge in [-0.25, -0.2) is 0 Å². The Bertz CT molecular complexity index is 167. The molecule has 0 atom stereocenters. The van der Waals surface area contributed by atoms with E-state index in [9.17, 15) is 4.79 Å². The molecule has 3 nitrogen and oxygen atoms in total. The van der Waals surface area contributed by atoms with E-state index in [1.807, 2.05) is 0 Å². The molecule has 0 rings (SSSR count). The molecular formula is C12H25NO2. The lowest BCUT2D eigenvalue weighted by Crippen LogP contribution is -2.31. The molecule has 0 spiro atoms. The van der Waals surface area contributed by atoms with Gasteiger partial charge < -0.3 is 10.0 Å². The summed E-state index contributed by atoms with van der Waals surface area (Å²) in [5.74, 6) is -0.677. The monoisotopic (exact) mass is 215 g/mol. The molecule has 0 radical (unpaired) electrons. The van der Waals surface area contributed by atoms with E-state index in [0.29, 0.717) is 12.5 Å². The first-order valence-corrected chi connectivity index (χ1v) is 6.03. The maximum Gasteiger partial charge on any atom is 0.303 e. The van der Waals surface area contributed by atoms with Crippen LogP contribution in [-0.2, 0) is 4.79 Å². The van der Waals surface area contributed by atoms with E-state index in [0.717, 1.165) is 25.8 Å². The number of hydrogen-bond acceptors (Lipinski definition) is 2. The Hall–Kier alpha value is -0.570. The summed E-state index contributed by atoms with van der Waals surface area (Å²) in [6, 6.07) is 0.685. The predicted molar refractivity (Wildman–Crippen MR) is 63.1 cm³/mol. The molecule has 0 aromatic carbocycles. The van der Waals surface area contributed by atoms with Gasteiger partial charge in [-0.1, -0.05) is 20.3 Å². The molecule has 0 aliphatic heterocycles. The normalized spacial score (nSPS) is 11.3. The van der Waals surface area contributed by atoms with Gasteiger partial charge in [0, 0.05) is 12.5 Å². The summed E-state index contributed by atoms with van der Waals surface area (Å²) in [5, 5.41) is 8.48. The first kappa shape index (κ1) is 14.4. The number of aliphatic carboxylic acids is 1. The Morgan fingerprint density at radius 3 is 2.27 bits per heavy atom. The summed E-state index contributed by atoms with van der Waals surface area (Å²) in [7, 11) is 2.16. The second-order valence-electron chi connectivity index (χ2n) is 4.16. The van der Waals surface area contributed by atoms with Crippen LogP contribution in [0.5, 0.6) is 0 Å². The van der Waals surface area contributed by atoms with Crippen LogP contribution in [-0.4, -0.2) is 35.6 Å². The van der Waals surface area contributed by atoms with Crippen molar-refractivity contribution < 1.29 is 9.90 Å². The van der Waals surface area contributed by atoms with Crippen LogP contribution in [0.1, 0.15) is 52.4 Å². The Kier molecular flexibility index (Phi) is 8.38. The van der Waals surface area contributed by atoms with Crippen molar-refractivity contribution in [3.8, 4) is 0 Å². The van der Waals surface area contributed by atoms with Crippen molar-refractivity contribution in [1.29, 1.82) is 0 Å². The van der Waals surface area contributed by atoms with E-state index in [1.165, 1.54) is 12.8 Å². The minimum Gasteiger partial charge on any atom is -0.481 e. The van der Waals surface area contributed by atoms with Gasteiger partial charge >= 0.3 is 5.97 Å². The van der Waals surface area contributed by atoms with Gasteiger partial charge in [-0.3, -0.25) is 4.79 Å². The molecule has 0 aromatic rings. The van der Waals surface area contributed by atoms with Crippen molar-refractivity contribution >= 4 is 5.97 Å². The van der Waals surface area contributed by atoms with E-state index in [1.54, 1.807) is 0 Å². The predicted octanol–water partition coefficient (Wildman–Crippen LogP) is 2.75. The number of carbonyl (C=O) groups is 1. The molecule has 90 valence electrons. The SMILES string of the molecule is CCC(CC)N(C)CCCCCC(=O)O. The van der Waals surface area contributed by atoms with E-state index < -0.39 is 5.97 Å². The highest BCUT2D eigenvalue weighted by Gasteiger charge is 2.09. The van der Waals surface area contributed by atoms with Crippen LogP contribution >= 0.6 is 0 Å². The standard InChI is InChI=1S/C12H25NO2/c1-4-11(5-2)13(3)10-8-6-7-9-12(14)15/h11H,4-10H2,1-3H3,(H,14,15). The van der Waals surface area contributed by atoms with Crippen molar-refractivity contribution in [3.05, 3.63) is 0 Å². The Labute approximate surface area is 93.5 Å². The van der Waals surface area contributed by atoms with Gasteiger partial charge in [-0.15, -0.1) is 0 Å². The number of carboxylic acid groups (broad SMARTS) is 1. The smallest absolute Gasteiger partial charge is 0.303 e. The molecule has 0 unspecified atom stereocenters. The lowest BCUT2D eigenvalue weighted by molar-refractivity contribution is -0.137. The Balaban J connectivity index is 3.45. The van der Waals surface area contributed by atoms with Gasteiger partial charge in [0.05, 0.1) is 0 Å². The maximum atomic E-state index is 10.3. The number of rotatable bonds is 9. The van der Waals surface area contributed by atoms with Crippen molar-refractivity contribution in [1.82, 2.24) is 4.90 Å². The van der Waals surface area contributed by atoms with Crippen LogP contribution in [0.3, 0.4) is 0 Å². The molecule has 0 aliphatic carbocycles. The lowest BCUT2D eigenvalue weighted by Gasteiger charge is -2.25. The quantitative estimate of drug-likeness (QED) is 0.601. The topological polar surface area (TPSA) is 40.5 Å². The highest BCUT2D eigenvalue weighted by atomic mass is 16.4. The fourth-order valence-electron chi connectivity index (χ4n) is 1.91. The summed E-state index contributed by atoms with van der Waals surface area (Å²) in [6.07, 6.45) is 5.65. The first-order chi connectivity index (χ1) is 7.11. The molecule has 15 heavy (non-hydrogen) atoms. The van der Waals surface area contributed by atoms with Gasteiger partial charge in [0.1, 0.15) is 0 Å². The first-order valence-electron chi connectivity index (χ1n) is 6.03. The zero-order valence-corrected chi connectivity index (χ0v) is 10.3. The van der Waals surface area contributed by atoms with Gasteiger partial charge in [0.15, 0.2) is 0 Å². The zero-order chi connectivity index (χ0) is 11.7. The molecular weight excluding hydrogens is 190 g/mol. The van der Waals surface area contributed by atoms with Crippen LogP contribution in [0.2, 0.25) is 0 Å². The highest BCUT2D eigenvalue weighted by molar-refractivity contribution is 5.66. The van der Waals surface area contributed by atoms with Crippen molar-refractivity contribution in [2.24, 2.45) is 0 Å². The lowest BCUT2D eigenvalue weighted by atomic mass is 10.1. The molecule has 0 heterocycles. The second-order valence-corrected chi connectivity index (χ2v) is 4.16. The molecule has 0 fully saturated rings. The van der Waals surface area contributed by atoms with E-state index in [4.69, 9.17) is 5.11 Å². The number of hydrogen-bond donors (Lipinski definition) is 1. The molecule has 1 N–H and O–H groups in total. The maximum absolute atomic E-state index is 10.3. The molecule has 0 amide bonds. The van der Waals surface area contributed by atoms with Gasteiger partial charge in [-0.05, 0) is 39.3 Å². The summed E-state index contributed by atoms with van der Waals surface area (Å²) < 4.78 is 0. The summed E-state index contributed by atoms with van der Waals surface area (Å²) >= 11 is 0. The van der Waals surface area contributed by atoms with E-state index in [2.05, 4.69) is 25.8 Å². The summed E-state index contributed by atoms with van der Waals surface area (Å²) in [6.45, 7) is 5.52. The average molecular weight is 215 g/mol. The van der Waals surface area contributed by atoms with E-state index >= 15 is 0 Å². The summed E-state index contributed by atoms with van der Waals surface area (Å²) in [4.78, 5) is 12.7. The van der Waals surface area contributed by atoms with Gasteiger partial charge in [0.25, 0.3) is 0 Å². The third-order valence-electron chi connectivity index (χ3n) is 2.97. The largest absolute Gasteiger partial charge is 0.481 e. The summed E-state index contributed by atoms with van der Waals surface area (Å²) in [5.41, 5.74) is 0.